The van der Waals surface area contributed by atoms with Gasteiger partial charge in [-0.3, -0.25) is 0 Å². The first-order valence-corrected chi connectivity index (χ1v) is 50.3. The Morgan fingerprint density at radius 3 is 0.783 bits per heavy atom. The van der Waals surface area contributed by atoms with Gasteiger partial charge in [0, 0.05) is 0 Å². The van der Waals surface area contributed by atoms with Crippen molar-refractivity contribution in [2.24, 2.45) is 0 Å². The van der Waals surface area contributed by atoms with Crippen molar-refractivity contribution < 1.29 is 17.8 Å². The molecule has 13 aromatic carbocycles. The zero-order valence-corrected chi connectivity index (χ0v) is 94.7. The Kier molecular flexibility index (Phi) is 31.0. The van der Waals surface area contributed by atoms with Crippen LogP contribution in [-0.2, 0) is 75.8 Å². The van der Waals surface area contributed by atoms with Crippen LogP contribution < -0.4 is 0 Å². The Morgan fingerprint density at radius 2 is 0.457 bits per heavy atom. The fourth-order valence-corrected chi connectivity index (χ4v) is 17.9. The molecule has 0 nitrogen and oxygen atoms in total. The lowest BCUT2D eigenvalue weighted by molar-refractivity contribution is 0.490. The Balaban J connectivity index is 0.000000242. The van der Waals surface area contributed by atoms with Crippen LogP contribution in [0.3, 0.4) is 0 Å². The van der Waals surface area contributed by atoms with Crippen molar-refractivity contribution >= 4 is 0 Å². The van der Waals surface area contributed by atoms with Gasteiger partial charge in [-0.15, -0.1) is 0 Å². The maximum absolute atomic E-state index is 8.52. The fourth-order valence-electron chi connectivity index (χ4n) is 17.9. The molecule has 0 aromatic heterocycles. The molecule has 738 valence electrons. The number of hydrogen-bond acceptors (Lipinski definition) is 0. The van der Waals surface area contributed by atoms with Crippen molar-refractivity contribution in [1.82, 2.24) is 0 Å². The highest BCUT2D eigenvalue weighted by molar-refractivity contribution is 5.78. The average molecular weight is 1860 g/mol. The summed E-state index contributed by atoms with van der Waals surface area (Å²) in [6, 6.07) is 72.6. The molecule has 0 saturated carbocycles. The molecular formula is C138H186. The average Bonchev–Trinajstić information content (AvgIpc) is 0.749. The van der Waals surface area contributed by atoms with Gasteiger partial charge in [0.1, 0.15) is 0 Å². The van der Waals surface area contributed by atoms with Crippen molar-refractivity contribution in [2.75, 3.05) is 0 Å². The van der Waals surface area contributed by atoms with E-state index in [0.29, 0.717) is 22.3 Å². The van der Waals surface area contributed by atoms with E-state index in [0.717, 1.165) is 16.7 Å². The van der Waals surface area contributed by atoms with Gasteiger partial charge in [0.15, 0.2) is 0 Å². The Bertz CT molecular complexity index is 6630. The van der Waals surface area contributed by atoms with Crippen molar-refractivity contribution in [1.29, 1.82) is 0 Å². The third-order valence-electron chi connectivity index (χ3n) is 25.1. The maximum Gasteiger partial charge on any atom is 0.0632 e. The zero-order valence-electron chi connectivity index (χ0n) is 108. The molecule has 0 saturated heterocycles. The number of hydrogen-bond donors (Lipinski definition) is 0. The van der Waals surface area contributed by atoms with Crippen LogP contribution in [0.25, 0.3) is 66.8 Å². The lowest BCUT2D eigenvalue weighted by atomic mass is 9.66. The van der Waals surface area contributed by atoms with Crippen LogP contribution in [0.5, 0.6) is 0 Å². The third-order valence-corrected chi connectivity index (χ3v) is 25.1. The summed E-state index contributed by atoms with van der Waals surface area (Å²) >= 11 is 0. The minimum atomic E-state index is -0.478. The van der Waals surface area contributed by atoms with Gasteiger partial charge in [-0.25, -0.2) is 0 Å². The maximum atomic E-state index is 8.52. The summed E-state index contributed by atoms with van der Waals surface area (Å²) in [5.74, 6) is 0. The van der Waals surface area contributed by atoms with E-state index < -0.39 is 18.1 Å². The summed E-state index contributed by atoms with van der Waals surface area (Å²) in [5, 5.41) is 0. The van der Waals surface area contributed by atoms with Crippen molar-refractivity contribution in [2.45, 2.75) is 394 Å². The van der Waals surface area contributed by atoms with E-state index in [1.54, 1.807) is 30.7 Å². The number of benzene rings is 13. The van der Waals surface area contributed by atoms with Crippen LogP contribution in [0.4, 0.5) is 0 Å². The van der Waals surface area contributed by atoms with Gasteiger partial charge in [-0.1, -0.05) is 581 Å². The molecular weight excluding hydrogens is 1660 g/mol. The second-order valence-electron chi connectivity index (χ2n) is 52.6. The van der Waals surface area contributed by atoms with Crippen LogP contribution in [0.2, 0.25) is 0 Å². The first-order valence-electron chi connectivity index (χ1n) is 56.8. The molecule has 0 amide bonds. The van der Waals surface area contributed by atoms with Crippen LogP contribution in [0.15, 0.2) is 291 Å². The smallest absolute Gasteiger partial charge is 0.0622 e. The molecule has 0 heteroatoms. The molecule has 0 fully saturated rings. The van der Waals surface area contributed by atoms with E-state index in [-0.39, 0.29) is 153 Å². The summed E-state index contributed by atoms with van der Waals surface area (Å²) in [6.45, 7) is 103. The molecule has 0 N–H and O–H groups in total. The van der Waals surface area contributed by atoms with Crippen LogP contribution in [0.1, 0.15) is 409 Å². The molecule has 0 bridgehead atoms. The molecule has 0 radical (unpaired) electrons. The van der Waals surface area contributed by atoms with Gasteiger partial charge in [-0.05, 0) is 271 Å². The van der Waals surface area contributed by atoms with Gasteiger partial charge in [-0.2, -0.15) is 0 Å². The highest BCUT2D eigenvalue weighted by atomic mass is 14.4. The van der Waals surface area contributed by atoms with Crippen molar-refractivity contribution in [3.63, 3.8) is 0 Å². The van der Waals surface area contributed by atoms with E-state index in [9.17, 15) is 0 Å². The number of rotatable bonds is 6. The number of aryl methyl sites for hydroxylation is 2. The van der Waals surface area contributed by atoms with Crippen LogP contribution in [0, 0.1) is 27.7 Å². The normalized spacial score (nSPS) is 13.9. The molecule has 0 aliphatic rings. The van der Waals surface area contributed by atoms with Crippen LogP contribution >= 0.6 is 0 Å². The first kappa shape index (κ1) is 95.4. The first-order chi connectivity index (χ1) is 68.4. The van der Waals surface area contributed by atoms with Crippen molar-refractivity contribution in [3.8, 4) is 66.8 Å². The van der Waals surface area contributed by atoms with E-state index in [1.165, 1.54) is 113 Å². The summed E-state index contributed by atoms with van der Waals surface area (Å²) in [6.07, 6.45) is 0. The molecule has 13 rings (SSSR count). The highest BCUT2D eigenvalue weighted by Gasteiger charge is 2.36. The summed E-state index contributed by atoms with van der Waals surface area (Å²) < 4.78 is 107. The lowest BCUT2D eigenvalue weighted by Gasteiger charge is -2.38. The Hall–Kier alpha value is -10.1. The van der Waals surface area contributed by atoms with Gasteiger partial charge >= 0.3 is 0 Å². The summed E-state index contributed by atoms with van der Waals surface area (Å²) in [5.41, 5.74) is 34.1. The predicted molar refractivity (Wildman–Crippen MR) is 618 cm³/mol. The largest absolute Gasteiger partial charge is 0.0632 e. The zero-order chi connectivity index (χ0) is 116. The second kappa shape index (κ2) is 44.8. The Labute approximate surface area is 864 Å². The monoisotopic (exact) mass is 1860 g/mol. The summed E-state index contributed by atoms with van der Waals surface area (Å²) in [7, 11) is 0. The van der Waals surface area contributed by atoms with Crippen LogP contribution in [-0.4, -0.2) is 0 Å². The van der Waals surface area contributed by atoms with Crippen molar-refractivity contribution in [3.05, 3.63) is 391 Å². The topological polar surface area (TPSA) is 0 Å². The summed E-state index contributed by atoms with van der Waals surface area (Å²) in [4.78, 5) is 0. The van der Waals surface area contributed by atoms with Gasteiger partial charge in [0.25, 0.3) is 0 Å². The van der Waals surface area contributed by atoms with E-state index in [1.807, 2.05) is 32.9 Å². The molecule has 0 aliphatic heterocycles. The standard InChI is InChI=1S/C23H24.C22H22.C22H38.C21H28.C20H26.C18H30.C12H18/c1-17-10-12-19(13-11-17)21-14-20(18-8-6-5-7-9-18)15-22(16-21)23(2,3)4;1-22(2,3)21-15-19(17-10-6-4-7-11-17)14-20(16-21)18-12-8-5-9-13-18;1-19(2,3)15-13-16(20(4,5)6)18(22(10,11)12)17(14-15)21(7,8)9;1-15-10-8-11-16(14-15)17-12-9-13-18(20(2,3)4)19(17)21(5,6)7;1-19(2,3)17-14-10-13-16(18(17)20(4,5)6)15-11-8-7-9-12-15;1-16(2,3)13-10-11-14(17(4,5)6)15(12-13)18(7,8)9;1-9-7-6-8-10(2)11(9)12(3,4)5/h5-16H,1-4H3;4-16H,1-3H3;13-14H,1-12H3;8-14H,1-7H3;7-14H,1-6H3;10-12H,1-9H3;6-8H,1-5H3/i5D,6D,7D,8D,9D,10D,11D,12D,13D;;;8D,10D,11D,14D;;;. The molecule has 0 unspecified atom stereocenters. The molecule has 138 heavy (non-hydrogen) atoms. The fraction of sp³-hybridized carbons (Fsp3) is 0.435. The minimum absolute atomic E-state index is 0.0250. The lowest BCUT2D eigenvalue weighted by Crippen LogP contribution is -2.29. The third kappa shape index (κ3) is 32.7. The molecule has 0 atom stereocenters. The van der Waals surface area contributed by atoms with E-state index in [2.05, 4.69) is 466 Å². The van der Waals surface area contributed by atoms with E-state index >= 15 is 0 Å². The molecule has 0 aliphatic carbocycles. The molecule has 13 aromatic rings. The Morgan fingerprint density at radius 1 is 0.159 bits per heavy atom. The predicted octanol–water partition coefficient (Wildman–Crippen LogP) is 41.2. The van der Waals surface area contributed by atoms with Gasteiger partial charge in [0.05, 0.1) is 17.8 Å². The van der Waals surface area contributed by atoms with E-state index in [4.69, 9.17) is 17.8 Å². The second-order valence-corrected chi connectivity index (χ2v) is 52.6. The molecule has 0 spiro atoms. The highest BCUT2D eigenvalue weighted by Crippen LogP contribution is 2.48. The molecule has 0 heterocycles. The SMILES string of the molecule is CC(C)(C)c1cc(-c2ccccc2)cc(-c2ccccc2)c1.CC(C)(C)c1cc(C(C)(C)C)c(C(C)(C)C)c(C(C)(C)C)c1.CC(C)(C)c1ccc(C(C)(C)C)c(C(C)(C)C)c1.CC(C)(C)c1cccc(-c2ccccc2)c1C(C)(C)C.Cc1cccc(C)c1C(C)(C)C.[2H]c1c([2H])c(C)c([2H])c(-c2cccc(C(C)(C)C)c2C(C)(C)C)c1[2H].[2H]c1c([2H])c([2H])c(-c2cc(-c3c([2H])c([2H])c(C)c([2H])c3[2H])cc(C(C)(C)C)c2)c([2H])c1[2H]. The quantitative estimate of drug-likeness (QED) is 0.156. The minimum Gasteiger partial charge on any atom is -0.0622 e. The van der Waals surface area contributed by atoms with Gasteiger partial charge < -0.3 is 0 Å². The van der Waals surface area contributed by atoms with Gasteiger partial charge in [0.2, 0.25) is 0 Å².